The Hall–Kier alpha value is -0.0800. The monoisotopic (exact) mass is 225 g/mol. The first-order valence-electron chi connectivity index (χ1n) is 7.08. The zero-order chi connectivity index (χ0) is 11.4. The first-order valence-corrected chi connectivity index (χ1v) is 7.08. The molecule has 2 fully saturated rings. The van der Waals surface area contributed by atoms with Crippen molar-refractivity contribution < 1.29 is 4.74 Å². The summed E-state index contributed by atoms with van der Waals surface area (Å²) < 4.78 is 5.57. The summed E-state index contributed by atoms with van der Waals surface area (Å²) in [6.45, 7) is 6.10. The van der Waals surface area contributed by atoms with E-state index in [4.69, 9.17) is 4.74 Å². The van der Waals surface area contributed by atoms with Crippen molar-refractivity contribution >= 4 is 0 Å². The first kappa shape index (κ1) is 12.4. The molecular weight excluding hydrogens is 198 g/mol. The minimum Gasteiger partial charge on any atom is -0.377 e. The summed E-state index contributed by atoms with van der Waals surface area (Å²) in [5, 5.41) is 3.71. The fourth-order valence-electron chi connectivity index (χ4n) is 3.40. The minimum absolute atomic E-state index is 0.367. The average molecular weight is 225 g/mol. The molecule has 2 nitrogen and oxygen atoms in total. The Morgan fingerprint density at radius 2 is 1.94 bits per heavy atom. The number of ether oxygens (including phenoxy) is 1. The quantitative estimate of drug-likeness (QED) is 0.726. The SMILES string of the molecule is CC(C)OCCNC1CCC12CCCCC2. The molecule has 0 amide bonds. The summed E-state index contributed by atoms with van der Waals surface area (Å²) in [4.78, 5) is 0. The number of hydrogen-bond donors (Lipinski definition) is 1. The molecular formula is C14H27NO. The standard InChI is InChI=1S/C14H27NO/c1-12(2)16-11-10-15-13-6-9-14(13)7-4-3-5-8-14/h12-13,15H,3-11H2,1-2H3. The topological polar surface area (TPSA) is 21.3 Å². The summed E-state index contributed by atoms with van der Waals surface area (Å²) in [6, 6.07) is 0.795. The van der Waals surface area contributed by atoms with Crippen LogP contribution in [0.4, 0.5) is 0 Å². The first-order chi connectivity index (χ1) is 7.73. The van der Waals surface area contributed by atoms with E-state index >= 15 is 0 Å². The van der Waals surface area contributed by atoms with Crippen molar-refractivity contribution in [2.24, 2.45) is 5.41 Å². The highest BCUT2D eigenvalue weighted by Gasteiger charge is 2.46. The van der Waals surface area contributed by atoms with Crippen LogP contribution in [-0.2, 0) is 4.74 Å². The molecule has 0 bridgehead atoms. The normalized spacial score (nSPS) is 28.3. The van der Waals surface area contributed by atoms with Crippen LogP contribution in [0.3, 0.4) is 0 Å². The summed E-state index contributed by atoms with van der Waals surface area (Å²) in [5.74, 6) is 0. The molecule has 2 aliphatic carbocycles. The lowest BCUT2D eigenvalue weighted by Crippen LogP contribution is -2.54. The summed E-state index contributed by atoms with van der Waals surface area (Å²) in [5.41, 5.74) is 0.691. The van der Waals surface area contributed by atoms with Gasteiger partial charge >= 0.3 is 0 Å². The summed E-state index contributed by atoms with van der Waals surface area (Å²) >= 11 is 0. The Morgan fingerprint density at radius 3 is 2.50 bits per heavy atom. The van der Waals surface area contributed by atoms with Crippen LogP contribution in [-0.4, -0.2) is 25.3 Å². The molecule has 2 heteroatoms. The van der Waals surface area contributed by atoms with Crippen LogP contribution >= 0.6 is 0 Å². The summed E-state index contributed by atoms with van der Waals surface area (Å²) in [6.07, 6.45) is 10.5. The van der Waals surface area contributed by atoms with Gasteiger partial charge in [-0.25, -0.2) is 0 Å². The molecule has 94 valence electrons. The van der Waals surface area contributed by atoms with E-state index in [-0.39, 0.29) is 0 Å². The Bertz CT molecular complexity index is 209. The van der Waals surface area contributed by atoms with Gasteiger partial charge in [0.2, 0.25) is 0 Å². The van der Waals surface area contributed by atoms with Gasteiger partial charge in [-0.3, -0.25) is 0 Å². The van der Waals surface area contributed by atoms with Gasteiger partial charge in [-0.15, -0.1) is 0 Å². The van der Waals surface area contributed by atoms with Gasteiger partial charge in [0.1, 0.15) is 0 Å². The van der Waals surface area contributed by atoms with E-state index in [9.17, 15) is 0 Å². The minimum atomic E-state index is 0.367. The second-order valence-corrected chi connectivity index (χ2v) is 5.89. The lowest BCUT2D eigenvalue weighted by molar-refractivity contribution is 0.0135. The molecule has 0 aromatic rings. The van der Waals surface area contributed by atoms with Crippen LogP contribution in [0.5, 0.6) is 0 Å². The fourth-order valence-corrected chi connectivity index (χ4v) is 3.40. The Labute approximate surface area is 100 Å². The molecule has 2 aliphatic rings. The van der Waals surface area contributed by atoms with E-state index in [0.717, 1.165) is 19.2 Å². The Kier molecular flexibility index (Phi) is 4.26. The lowest BCUT2D eigenvalue weighted by atomic mass is 9.57. The van der Waals surface area contributed by atoms with Gasteiger partial charge in [0.05, 0.1) is 12.7 Å². The number of nitrogens with one attached hydrogen (secondary N) is 1. The van der Waals surface area contributed by atoms with Crippen molar-refractivity contribution in [3.8, 4) is 0 Å². The van der Waals surface area contributed by atoms with Crippen LogP contribution in [0.2, 0.25) is 0 Å². The highest BCUT2D eigenvalue weighted by atomic mass is 16.5. The molecule has 1 atom stereocenters. The fraction of sp³-hybridized carbons (Fsp3) is 1.00. The number of hydrogen-bond acceptors (Lipinski definition) is 2. The van der Waals surface area contributed by atoms with Gasteiger partial charge in [-0.2, -0.15) is 0 Å². The third kappa shape index (κ3) is 2.78. The van der Waals surface area contributed by atoms with Gasteiger partial charge < -0.3 is 10.1 Å². The van der Waals surface area contributed by atoms with E-state index in [1.165, 1.54) is 44.9 Å². The highest BCUT2D eigenvalue weighted by Crippen LogP contribution is 2.51. The third-order valence-corrected chi connectivity index (χ3v) is 4.46. The molecule has 1 unspecified atom stereocenters. The van der Waals surface area contributed by atoms with Crippen molar-refractivity contribution in [1.29, 1.82) is 0 Å². The molecule has 0 heterocycles. The van der Waals surface area contributed by atoms with Gasteiger partial charge in [0.25, 0.3) is 0 Å². The molecule has 0 radical (unpaired) electrons. The Morgan fingerprint density at radius 1 is 1.19 bits per heavy atom. The molecule has 0 aliphatic heterocycles. The van der Waals surface area contributed by atoms with Gasteiger partial charge in [0, 0.05) is 12.6 Å². The molecule has 1 N–H and O–H groups in total. The average Bonchev–Trinajstić information content (AvgIpc) is 2.28. The van der Waals surface area contributed by atoms with Crippen molar-refractivity contribution in [3.63, 3.8) is 0 Å². The van der Waals surface area contributed by atoms with E-state index in [1.807, 2.05) is 0 Å². The highest BCUT2D eigenvalue weighted by molar-refractivity contribution is 5.01. The van der Waals surface area contributed by atoms with Crippen molar-refractivity contribution in [2.45, 2.75) is 70.9 Å². The second-order valence-electron chi connectivity index (χ2n) is 5.89. The maximum atomic E-state index is 5.57. The van der Waals surface area contributed by atoms with Crippen molar-refractivity contribution in [3.05, 3.63) is 0 Å². The predicted octanol–water partition coefficient (Wildman–Crippen LogP) is 3.11. The molecule has 16 heavy (non-hydrogen) atoms. The Balaban J connectivity index is 1.66. The second kappa shape index (κ2) is 5.50. The van der Waals surface area contributed by atoms with Gasteiger partial charge in [-0.1, -0.05) is 19.3 Å². The molecule has 0 aromatic heterocycles. The lowest BCUT2D eigenvalue weighted by Gasteiger charge is -2.52. The van der Waals surface area contributed by atoms with E-state index in [0.29, 0.717) is 11.5 Å². The summed E-state index contributed by atoms with van der Waals surface area (Å²) in [7, 11) is 0. The van der Waals surface area contributed by atoms with E-state index < -0.39 is 0 Å². The van der Waals surface area contributed by atoms with E-state index in [2.05, 4.69) is 19.2 Å². The van der Waals surface area contributed by atoms with Crippen LogP contribution in [0.15, 0.2) is 0 Å². The molecule has 1 spiro atoms. The smallest absolute Gasteiger partial charge is 0.0594 e. The van der Waals surface area contributed by atoms with Crippen molar-refractivity contribution in [2.75, 3.05) is 13.2 Å². The number of rotatable bonds is 5. The van der Waals surface area contributed by atoms with Gasteiger partial charge in [-0.05, 0) is 44.9 Å². The maximum absolute atomic E-state index is 5.57. The zero-order valence-electron chi connectivity index (χ0n) is 10.9. The van der Waals surface area contributed by atoms with Crippen molar-refractivity contribution in [1.82, 2.24) is 5.32 Å². The van der Waals surface area contributed by atoms with Crippen LogP contribution in [0.25, 0.3) is 0 Å². The molecule has 2 rings (SSSR count). The maximum Gasteiger partial charge on any atom is 0.0594 e. The van der Waals surface area contributed by atoms with Crippen LogP contribution < -0.4 is 5.32 Å². The predicted molar refractivity (Wildman–Crippen MR) is 67.6 cm³/mol. The van der Waals surface area contributed by atoms with E-state index in [1.54, 1.807) is 0 Å². The zero-order valence-corrected chi connectivity index (χ0v) is 10.9. The third-order valence-electron chi connectivity index (χ3n) is 4.46. The van der Waals surface area contributed by atoms with Crippen LogP contribution in [0.1, 0.15) is 58.8 Å². The molecule has 0 saturated heterocycles. The largest absolute Gasteiger partial charge is 0.377 e. The molecule has 0 aromatic carbocycles. The van der Waals surface area contributed by atoms with Gasteiger partial charge in [0.15, 0.2) is 0 Å². The molecule has 2 saturated carbocycles. The van der Waals surface area contributed by atoms with Crippen LogP contribution in [0, 0.1) is 5.41 Å².